The molecule has 2 aromatic carbocycles. The van der Waals surface area contributed by atoms with Gasteiger partial charge in [0.05, 0.1) is 17.4 Å². The number of hydrogen-bond acceptors (Lipinski definition) is 5. The van der Waals surface area contributed by atoms with Gasteiger partial charge < -0.3 is 25.4 Å². The quantitative estimate of drug-likeness (QED) is 0.416. The number of unbranched alkanes of at least 4 members (excludes halogenated alkanes) is 2. The summed E-state index contributed by atoms with van der Waals surface area (Å²) in [5.41, 5.74) is -0.788. The lowest BCUT2D eigenvalue weighted by molar-refractivity contribution is -0.144. The summed E-state index contributed by atoms with van der Waals surface area (Å²) >= 11 is 6.02. The molecule has 0 radical (unpaired) electrons. The number of halogens is 1. The van der Waals surface area contributed by atoms with Crippen molar-refractivity contribution in [1.82, 2.24) is 4.90 Å². The molecule has 1 spiro atoms. The van der Waals surface area contributed by atoms with Crippen LogP contribution in [-0.4, -0.2) is 58.1 Å². The second-order valence-corrected chi connectivity index (χ2v) is 11.3. The number of likely N-dealkylation sites (tertiary alicyclic amines) is 1. The van der Waals surface area contributed by atoms with Crippen LogP contribution in [0, 0.1) is 17.8 Å². The van der Waals surface area contributed by atoms with Gasteiger partial charge in [0.15, 0.2) is 0 Å². The number of carbonyl (C=O) groups excluding carboxylic acids is 3. The van der Waals surface area contributed by atoms with E-state index < -0.39 is 29.1 Å². The van der Waals surface area contributed by atoms with E-state index in [0.717, 1.165) is 6.42 Å². The highest BCUT2D eigenvalue weighted by Crippen LogP contribution is 2.65. The van der Waals surface area contributed by atoms with Crippen LogP contribution in [-0.2, 0) is 19.1 Å². The number of anilines is 2. The van der Waals surface area contributed by atoms with Crippen molar-refractivity contribution >= 4 is 40.7 Å². The summed E-state index contributed by atoms with van der Waals surface area (Å²) in [4.78, 5) is 43.3. The number of hydrogen-bond donors (Lipinski definition) is 3. The number of carbonyl (C=O) groups is 3. The number of nitrogens with zero attached hydrogens (tertiary/aromatic N) is 1. The smallest absolute Gasteiger partial charge is 0.250 e. The molecule has 3 fully saturated rings. The van der Waals surface area contributed by atoms with E-state index in [1.54, 1.807) is 41.3 Å². The number of para-hydroxylation sites is 1. The van der Waals surface area contributed by atoms with Gasteiger partial charge in [-0.05, 0) is 74.9 Å². The molecule has 2 aromatic rings. The molecular weight excluding hydrogens is 506 g/mol. The largest absolute Gasteiger partial charge is 0.396 e. The predicted molar refractivity (Wildman–Crippen MR) is 145 cm³/mol. The van der Waals surface area contributed by atoms with Crippen LogP contribution in [0.3, 0.4) is 0 Å². The third kappa shape index (κ3) is 4.38. The molecule has 38 heavy (non-hydrogen) atoms. The molecule has 3 amide bonds. The molecule has 3 heterocycles. The number of aliphatic hydroxyl groups excluding tert-OH is 1. The number of fused-ring (bicyclic) bond motifs is 1. The van der Waals surface area contributed by atoms with Crippen LogP contribution in [0.1, 0.15) is 39.5 Å². The van der Waals surface area contributed by atoms with Crippen LogP contribution in [0.2, 0.25) is 5.02 Å². The molecule has 3 aliphatic heterocycles. The van der Waals surface area contributed by atoms with Gasteiger partial charge in [0.1, 0.15) is 11.6 Å². The van der Waals surface area contributed by atoms with Crippen molar-refractivity contribution in [3.8, 4) is 0 Å². The molecule has 0 saturated carbocycles. The molecule has 9 heteroatoms. The Morgan fingerprint density at radius 3 is 2.37 bits per heavy atom. The molecule has 6 atom stereocenters. The van der Waals surface area contributed by atoms with Gasteiger partial charge in [-0.1, -0.05) is 36.7 Å². The zero-order valence-electron chi connectivity index (χ0n) is 21.7. The molecule has 3 aliphatic rings. The highest BCUT2D eigenvalue weighted by Gasteiger charge is 2.79. The van der Waals surface area contributed by atoms with Gasteiger partial charge in [-0.2, -0.15) is 0 Å². The lowest BCUT2D eigenvalue weighted by Crippen LogP contribution is -2.54. The summed E-state index contributed by atoms with van der Waals surface area (Å²) in [6.07, 6.45) is 2.47. The van der Waals surface area contributed by atoms with Gasteiger partial charge in [-0.25, -0.2) is 0 Å². The Morgan fingerprint density at radius 1 is 1.03 bits per heavy atom. The topological polar surface area (TPSA) is 108 Å². The van der Waals surface area contributed by atoms with Crippen LogP contribution >= 0.6 is 11.6 Å². The van der Waals surface area contributed by atoms with E-state index in [9.17, 15) is 19.5 Å². The minimum Gasteiger partial charge on any atom is -0.396 e. The number of amides is 3. The third-order valence-electron chi connectivity index (χ3n) is 8.56. The number of rotatable bonds is 9. The van der Waals surface area contributed by atoms with E-state index in [1.165, 1.54) is 0 Å². The van der Waals surface area contributed by atoms with E-state index in [4.69, 9.17) is 16.3 Å². The second kappa shape index (κ2) is 10.3. The third-order valence-corrected chi connectivity index (χ3v) is 8.81. The Hall–Kier alpha value is -2.94. The van der Waals surface area contributed by atoms with Gasteiger partial charge in [0.2, 0.25) is 17.7 Å². The first-order valence-electron chi connectivity index (χ1n) is 13.2. The fourth-order valence-corrected chi connectivity index (χ4v) is 6.86. The van der Waals surface area contributed by atoms with Crippen LogP contribution in [0.15, 0.2) is 54.6 Å². The van der Waals surface area contributed by atoms with Crippen molar-refractivity contribution in [2.45, 2.75) is 56.8 Å². The average molecular weight is 540 g/mol. The van der Waals surface area contributed by atoms with Gasteiger partial charge >= 0.3 is 0 Å². The molecule has 3 unspecified atom stereocenters. The number of nitrogens with one attached hydrogen (secondary N) is 2. The minimum atomic E-state index is -1.11. The summed E-state index contributed by atoms with van der Waals surface area (Å²) in [5, 5.41) is 15.7. The zero-order chi connectivity index (χ0) is 27.1. The van der Waals surface area contributed by atoms with Crippen molar-refractivity contribution in [3.63, 3.8) is 0 Å². The molecule has 3 saturated heterocycles. The SMILES string of the molecule is CC1CC23O[C@@]1(C)[C@H](C(=O)Nc1ccccc1)[C@H]2C(=O)N(CCCCCO)C3C(=O)Nc1ccc(Cl)cc1. The van der Waals surface area contributed by atoms with Crippen LogP contribution < -0.4 is 10.6 Å². The van der Waals surface area contributed by atoms with Crippen LogP contribution in [0.4, 0.5) is 11.4 Å². The molecule has 3 N–H and O–H groups in total. The maximum absolute atomic E-state index is 14.1. The van der Waals surface area contributed by atoms with E-state index in [1.807, 2.05) is 32.0 Å². The lowest BCUT2D eigenvalue weighted by Gasteiger charge is -2.36. The van der Waals surface area contributed by atoms with E-state index in [-0.39, 0.29) is 30.2 Å². The second-order valence-electron chi connectivity index (χ2n) is 10.9. The van der Waals surface area contributed by atoms with Crippen molar-refractivity contribution in [3.05, 3.63) is 59.6 Å². The first-order chi connectivity index (χ1) is 18.2. The fourth-order valence-electron chi connectivity index (χ4n) is 6.74. The first kappa shape index (κ1) is 26.7. The Morgan fingerprint density at radius 2 is 1.68 bits per heavy atom. The Kier molecular flexibility index (Phi) is 7.24. The van der Waals surface area contributed by atoms with Gasteiger partial charge in [-0.15, -0.1) is 0 Å². The summed E-state index contributed by atoms with van der Waals surface area (Å²) in [6, 6.07) is 15.1. The number of ether oxygens (including phenoxy) is 1. The Balaban J connectivity index is 1.49. The number of aliphatic hydroxyl groups is 1. The highest BCUT2D eigenvalue weighted by molar-refractivity contribution is 6.30. The van der Waals surface area contributed by atoms with Crippen molar-refractivity contribution in [2.75, 3.05) is 23.8 Å². The van der Waals surface area contributed by atoms with E-state index in [0.29, 0.717) is 42.2 Å². The number of benzene rings is 2. The molecule has 202 valence electrons. The summed E-state index contributed by atoms with van der Waals surface area (Å²) in [5.74, 6) is -2.40. The summed E-state index contributed by atoms with van der Waals surface area (Å²) < 4.78 is 6.73. The fraction of sp³-hybridized carbons (Fsp3) is 0.483. The van der Waals surface area contributed by atoms with Crippen molar-refractivity contribution in [1.29, 1.82) is 0 Å². The standard InChI is InChI=1S/C29H34ClN3O5/c1-18-17-29-23(22(28(18,2)38-29)25(35)31-20-9-5-3-6-10-20)27(37)33(15-7-4-8-16-34)24(29)26(36)32-21-13-11-19(30)12-14-21/h3,5-6,9-14,18,22-24,34H,4,7-8,15-17H2,1-2H3,(H,31,35)(H,32,36)/t18?,22-,23-,24?,28+,29?/m0/s1. The molecule has 8 nitrogen and oxygen atoms in total. The van der Waals surface area contributed by atoms with Crippen molar-refractivity contribution in [2.24, 2.45) is 17.8 Å². The molecule has 0 aromatic heterocycles. The monoisotopic (exact) mass is 539 g/mol. The first-order valence-corrected chi connectivity index (χ1v) is 13.6. The van der Waals surface area contributed by atoms with Crippen LogP contribution in [0.25, 0.3) is 0 Å². The maximum Gasteiger partial charge on any atom is 0.250 e. The van der Waals surface area contributed by atoms with Gasteiger partial charge in [0, 0.05) is 29.5 Å². The molecule has 2 bridgehead atoms. The van der Waals surface area contributed by atoms with Crippen LogP contribution in [0.5, 0.6) is 0 Å². The molecular formula is C29H34ClN3O5. The summed E-state index contributed by atoms with van der Waals surface area (Å²) in [7, 11) is 0. The predicted octanol–water partition coefficient (Wildman–Crippen LogP) is 4.09. The van der Waals surface area contributed by atoms with Crippen molar-refractivity contribution < 1.29 is 24.2 Å². The highest BCUT2D eigenvalue weighted by atomic mass is 35.5. The van der Waals surface area contributed by atoms with E-state index in [2.05, 4.69) is 10.6 Å². The van der Waals surface area contributed by atoms with Gasteiger partial charge in [0.25, 0.3) is 0 Å². The average Bonchev–Trinajstić information content (AvgIpc) is 3.40. The zero-order valence-corrected chi connectivity index (χ0v) is 22.4. The normalized spacial score (nSPS) is 31.4. The minimum absolute atomic E-state index is 0.0433. The summed E-state index contributed by atoms with van der Waals surface area (Å²) in [6.45, 7) is 4.34. The van der Waals surface area contributed by atoms with Gasteiger partial charge in [-0.3, -0.25) is 14.4 Å². The Labute approximate surface area is 227 Å². The maximum atomic E-state index is 14.1. The molecule has 5 rings (SSSR count). The lowest BCUT2D eigenvalue weighted by atomic mass is 9.62. The van der Waals surface area contributed by atoms with E-state index >= 15 is 0 Å². The Bertz CT molecular complexity index is 1210. The molecule has 0 aliphatic carbocycles.